The van der Waals surface area contributed by atoms with Crippen LogP contribution in [0.2, 0.25) is 0 Å². The van der Waals surface area contributed by atoms with Gasteiger partial charge in [-0.1, -0.05) is 11.3 Å². The largest absolute Gasteiger partial charge is 0.374 e. The Morgan fingerprint density at radius 2 is 2.22 bits per heavy atom. The van der Waals surface area contributed by atoms with Crippen LogP contribution in [0.1, 0.15) is 9.80 Å². The normalized spacial score (nSPS) is 9.33. The van der Waals surface area contributed by atoms with Crippen LogP contribution in [0.4, 0.5) is 5.13 Å². The summed E-state index contributed by atoms with van der Waals surface area (Å²) in [6.07, 6.45) is 0. The number of anilines is 1. The molecular weight excluding hydrogens is 140 g/mol. The molecule has 0 atom stereocenters. The standard InChI is InChI=1S/C3H4N4OS/c4-1(8)2-6-7-3(5)9-2/h(H2,4,8)(H2,5,7). The Hall–Kier alpha value is -1.17. The van der Waals surface area contributed by atoms with Gasteiger partial charge in [-0.25, -0.2) is 0 Å². The third kappa shape index (κ3) is 1.14. The highest BCUT2D eigenvalue weighted by Crippen LogP contribution is 2.08. The molecule has 0 saturated carbocycles. The Kier molecular flexibility index (Phi) is 1.31. The zero-order valence-corrected chi connectivity index (χ0v) is 5.18. The second kappa shape index (κ2) is 1.98. The van der Waals surface area contributed by atoms with Crippen molar-refractivity contribution >= 4 is 22.4 Å². The number of hydrogen-bond donors (Lipinski definition) is 2. The zero-order valence-electron chi connectivity index (χ0n) is 4.37. The second-order valence-corrected chi connectivity index (χ2v) is 2.32. The van der Waals surface area contributed by atoms with Crippen LogP contribution in [0.15, 0.2) is 0 Å². The average molecular weight is 144 g/mol. The van der Waals surface area contributed by atoms with Crippen LogP contribution < -0.4 is 11.5 Å². The fraction of sp³-hybridized carbons (Fsp3) is 0. The van der Waals surface area contributed by atoms with Gasteiger partial charge in [0.15, 0.2) is 0 Å². The number of nitrogen functional groups attached to an aromatic ring is 1. The average Bonchev–Trinajstić information content (AvgIpc) is 2.14. The van der Waals surface area contributed by atoms with Crippen LogP contribution in [0.5, 0.6) is 0 Å². The fourth-order valence-corrected chi connectivity index (χ4v) is 0.796. The SMILES string of the molecule is NC(=O)c1nnc(N)s1. The quantitative estimate of drug-likeness (QED) is 0.540. The molecule has 1 heterocycles. The summed E-state index contributed by atoms with van der Waals surface area (Å²) >= 11 is 0.977. The van der Waals surface area contributed by atoms with Crippen LogP contribution in [-0.2, 0) is 0 Å². The highest BCUT2D eigenvalue weighted by Gasteiger charge is 2.04. The van der Waals surface area contributed by atoms with E-state index in [4.69, 9.17) is 11.5 Å². The Bertz CT molecular complexity index is 231. The Balaban J connectivity index is 2.98. The molecule has 1 aromatic heterocycles. The number of carbonyl (C=O) groups excluding carboxylic acids is 1. The van der Waals surface area contributed by atoms with E-state index in [1.54, 1.807) is 0 Å². The lowest BCUT2D eigenvalue weighted by molar-refractivity contribution is 0.0999. The van der Waals surface area contributed by atoms with Gasteiger partial charge < -0.3 is 11.5 Å². The molecule has 0 spiro atoms. The summed E-state index contributed by atoms with van der Waals surface area (Å²) in [5.41, 5.74) is 9.99. The second-order valence-electron chi connectivity index (χ2n) is 1.31. The summed E-state index contributed by atoms with van der Waals surface area (Å²) < 4.78 is 0. The molecule has 6 heteroatoms. The Morgan fingerprint density at radius 3 is 2.44 bits per heavy atom. The van der Waals surface area contributed by atoms with Crippen molar-refractivity contribution in [1.29, 1.82) is 0 Å². The maximum atomic E-state index is 10.3. The van der Waals surface area contributed by atoms with E-state index in [0.29, 0.717) is 0 Å². The molecule has 9 heavy (non-hydrogen) atoms. The fourth-order valence-electron chi connectivity index (χ4n) is 0.334. The minimum Gasteiger partial charge on any atom is -0.374 e. The molecular formula is C3H4N4OS. The van der Waals surface area contributed by atoms with Crippen molar-refractivity contribution in [2.45, 2.75) is 0 Å². The molecule has 0 saturated heterocycles. The van der Waals surface area contributed by atoms with Crippen molar-refractivity contribution in [3.05, 3.63) is 5.01 Å². The van der Waals surface area contributed by atoms with Gasteiger partial charge >= 0.3 is 0 Å². The van der Waals surface area contributed by atoms with Crippen molar-refractivity contribution < 1.29 is 4.79 Å². The minimum atomic E-state index is -0.593. The van der Waals surface area contributed by atoms with Crippen LogP contribution in [-0.4, -0.2) is 16.1 Å². The van der Waals surface area contributed by atoms with Gasteiger partial charge in [0.2, 0.25) is 10.1 Å². The molecule has 0 bridgehead atoms. The topological polar surface area (TPSA) is 94.9 Å². The maximum Gasteiger partial charge on any atom is 0.279 e. The molecule has 4 N–H and O–H groups in total. The van der Waals surface area contributed by atoms with Crippen LogP contribution in [0.3, 0.4) is 0 Å². The van der Waals surface area contributed by atoms with Gasteiger partial charge in [-0.2, -0.15) is 0 Å². The number of nitrogens with zero attached hydrogens (tertiary/aromatic N) is 2. The summed E-state index contributed by atoms with van der Waals surface area (Å²) in [6.45, 7) is 0. The zero-order chi connectivity index (χ0) is 6.85. The predicted molar refractivity (Wildman–Crippen MR) is 32.8 cm³/mol. The highest BCUT2D eigenvalue weighted by atomic mass is 32.1. The number of rotatable bonds is 1. The number of nitrogens with two attached hydrogens (primary N) is 2. The number of carbonyl (C=O) groups is 1. The lowest BCUT2D eigenvalue weighted by Gasteiger charge is -1.77. The van der Waals surface area contributed by atoms with E-state index >= 15 is 0 Å². The predicted octanol–water partition coefficient (Wildman–Crippen LogP) is -0.781. The number of primary amides is 1. The first-order valence-electron chi connectivity index (χ1n) is 2.09. The number of aromatic nitrogens is 2. The van der Waals surface area contributed by atoms with E-state index in [2.05, 4.69) is 10.2 Å². The third-order valence-corrected chi connectivity index (χ3v) is 1.42. The molecule has 1 rings (SSSR count). The molecule has 0 aliphatic heterocycles. The van der Waals surface area contributed by atoms with Gasteiger partial charge in [0, 0.05) is 0 Å². The van der Waals surface area contributed by atoms with E-state index in [1.165, 1.54) is 0 Å². The van der Waals surface area contributed by atoms with Crippen LogP contribution >= 0.6 is 11.3 Å². The van der Waals surface area contributed by atoms with Crippen LogP contribution in [0.25, 0.3) is 0 Å². The van der Waals surface area contributed by atoms with Crippen molar-refractivity contribution in [2.24, 2.45) is 5.73 Å². The van der Waals surface area contributed by atoms with Gasteiger partial charge in [0.1, 0.15) is 0 Å². The highest BCUT2D eigenvalue weighted by molar-refractivity contribution is 7.16. The molecule has 0 unspecified atom stereocenters. The molecule has 1 aromatic rings. The first-order valence-corrected chi connectivity index (χ1v) is 2.90. The van der Waals surface area contributed by atoms with Gasteiger partial charge in [-0.15, -0.1) is 10.2 Å². The minimum absolute atomic E-state index is 0.146. The summed E-state index contributed by atoms with van der Waals surface area (Å²) in [5, 5.41) is 7.17. The van der Waals surface area contributed by atoms with E-state index in [1.807, 2.05) is 0 Å². The van der Waals surface area contributed by atoms with Gasteiger partial charge in [0.05, 0.1) is 0 Å². The van der Waals surface area contributed by atoms with Gasteiger partial charge in [-0.05, 0) is 0 Å². The molecule has 0 aliphatic carbocycles. The molecule has 0 radical (unpaired) electrons. The van der Waals surface area contributed by atoms with Crippen molar-refractivity contribution in [3.8, 4) is 0 Å². The number of hydrogen-bond acceptors (Lipinski definition) is 5. The van der Waals surface area contributed by atoms with Crippen LogP contribution in [0, 0.1) is 0 Å². The maximum absolute atomic E-state index is 10.3. The summed E-state index contributed by atoms with van der Waals surface area (Å²) in [5.74, 6) is -0.593. The monoisotopic (exact) mass is 144 g/mol. The van der Waals surface area contributed by atoms with Crippen molar-refractivity contribution in [1.82, 2.24) is 10.2 Å². The molecule has 1 amide bonds. The van der Waals surface area contributed by atoms with E-state index in [0.717, 1.165) is 11.3 Å². The first-order chi connectivity index (χ1) is 4.20. The van der Waals surface area contributed by atoms with E-state index in [9.17, 15) is 4.79 Å². The van der Waals surface area contributed by atoms with Crippen molar-refractivity contribution in [2.75, 3.05) is 5.73 Å². The Labute approximate surface area is 54.7 Å². The van der Waals surface area contributed by atoms with Gasteiger partial charge in [0.25, 0.3) is 5.91 Å². The summed E-state index contributed by atoms with van der Waals surface area (Å²) in [6, 6.07) is 0. The number of amides is 1. The smallest absolute Gasteiger partial charge is 0.279 e. The first kappa shape index (κ1) is 5.96. The molecule has 0 aliphatic rings. The lowest BCUT2D eigenvalue weighted by Crippen LogP contribution is -2.10. The summed E-state index contributed by atoms with van der Waals surface area (Å²) in [4.78, 5) is 10.3. The van der Waals surface area contributed by atoms with Gasteiger partial charge in [-0.3, -0.25) is 4.79 Å². The van der Waals surface area contributed by atoms with Crippen molar-refractivity contribution in [3.63, 3.8) is 0 Å². The van der Waals surface area contributed by atoms with E-state index < -0.39 is 5.91 Å². The molecule has 5 nitrogen and oxygen atoms in total. The molecule has 48 valence electrons. The Morgan fingerprint density at radius 1 is 1.56 bits per heavy atom. The van der Waals surface area contributed by atoms with E-state index in [-0.39, 0.29) is 10.1 Å². The lowest BCUT2D eigenvalue weighted by atomic mass is 10.7. The molecule has 0 fully saturated rings. The molecule has 0 aromatic carbocycles. The summed E-state index contributed by atoms with van der Waals surface area (Å²) in [7, 11) is 0. The third-order valence-electron chi connectivity index (χ3n) is 0.651.